The van der Waals surface area contributed by atoms with Crippen LogP contribution in [-0.2, 0) is 11.2 Å². The Bertz CT molecular complexity index is 907. The number of fused-ring (bicyclic) bond motifs is 1. The van der Waals surface area contributed by atoms with Crippen molar-refractivity contribution in [3.63, 3.8) is 0 Å². The van der Waals surface area contributed by atoms with Gasteiger partial charge < -0.3 is 15.6 Å². The van der Waals surface area contributed by atoms with Gasteiger partial charge in [0.25, 0.3) is 0 Å². The molecule has 3 aromatic rings. The van der Waals surface area contributed by atoms with Gasteiger partial charge in [-0.05, 0) is 61.1 Å². The van der Waals surface area contributed by atoms with Crippen molar-refractivity contribution in [1.29, 1.82) is 0 Å². The summed E-state index contributed by atoms with van der Waals surface area (Å²) in [5.41, 5.74) is 4.73. The van der Waals surface area contributed by atoms with Gasteiger partial charge in [0.1, 0.15) is 0 Å². The van der Waals surface area contributed by atoms with Crippen molar-refractivity contribution in [1.82, 2.24) is 10.3 Å². The molecule has 146 valence electrons. The molecule has 0 unspecified atom stereocenters. The third-order valence-electron chi connectivity index (χ3n) is 5.80. The van der Waals surface area contributed by atoms with Crippen molar-refractivity contribution in [3.8, 4) is 0 Å². The molecule has 0 saturated heterocycles. The molecule has 0 radical (unpaired) electrons. The van der Waals surface area contributed by atoms with Gasteiger partial charge in [0.2, 0.25) is 5.91 Å². The number of rotatable bonds is 7. The van der Waals surface area contributed by atoms with E-state index in [0.29, 0.717) is 12.5 Å². The van der Waals surface area contributed by atoms with Gasteiger partial charge in [0.15, 0.2) is 0 Å². The summed E-state index contributed by atoms with van der Waals surface area (Å²) in [5, 5.41) is 7.49. The fourth-order valence-corrected chi connectivity index (χ4v) is 4.24. The minimum Gasteiger partial charge on any atom is -0.361 e. The number of benzene rings is 2. The van der Waals surface area contributed by atoms with Crippen LogP contribution in [0.4, 0.5) is 5.69 Å². The first-order valence-electron chi connectivity index (χ1n) is 10.4. The zero-order valence-electron chi connectivity index (χ0n) is 16.3. The van der Waals surface area contributed by atoms with Crippen LogP contribution in [0.1, 0.15) is 49.1 Å². The predicted molar refractivity (Wildman–Crippen MR) is 116 cm³/mol. The maximum atomic E-state index is 12.2. The summed E-state index contributed by atoms with van der Waals surface area (Å²) in [4.78, 5) is 15.5. The summed E-state index contributed by atoms with van der Waals surface area (Å²) >= 11 is 0. The van der Waals surface area contributed by atoms with E-state index in [1.54, 1.807) is 0 Å². The summed E-state index contributed by atoms with van der Waals surface area (Å²) in [6.07, 6.45) is 9.60. The number of aromatic nitrogens is 1. The molecule has 4 rings (SSSR count). The molecule has 1 aliphatic rings. The molecule has 0 spiro atoms. The number of carbonyl (C=O) groups excluding carboxylic acids is 1. The summed E-state index contributed by atoms with van der Waals surface area (Å²) in [7, 11) is 0. The number of hydrogen-bond donors (Lipinski definition) is 3. The minimum atomic E-state index is 0.00402. The number of amides is 1. The number of carbonyl (C=O) groups is 1. The van der Waals surface area contributed by atoms with Crippen LogP contribution in [0, 0.1) is 0 Å². The Balaban J connectivity index is 1.21. The predicted octanol–water partition coefficient (Wildman–Crippen LogP) is 4.99. The van der Waals surface area contributed by atoms with Crippen LogP contribution in [0.15, 0.2) is 54.7 Å². The van der Waals surface area contributed by atoms with E-state index in [4.69, 9.17) is 0 Å². The molecule has 0 aliphatic heterocycles. The first-order valence-corrected chi connectivity index (χ1v) is 10.4. The Hall–Kier alpha value is -2.59. The largest absolute Gasteiger partial charge is 0.361 e. The topological polar surface area (TPSA) is 56.9 Å². The fourth-order valence-electron chi connectivity index (χ4n) is 4.24. The van der Waals surface area contributed by atoms with Crippen LogP contribution < -0.4 is 10.6 Å². The van der Waals surface area contributed by atoms with Crippen molar-refractivity contribution >= 4 is 22.5 Å². The van der Waals surface area contributed by atoms with E-state index in [9.17, 15) is 4.79 Å². The number of hydrogen-bond acceptors (Lipinski definition) is 2. The van der Waals surface area contributed by atoms with Crippen LogP contribution >= 0.6 is 0 Å². The van der Waals surface area contributed by atoms with Crippen molar-refractivity contribution in [2.45, 2.75) is 44.4 Å². The minimum absolute atomic E-state index is 0.00402. The normalized spacial score (nSPS) is 15.0. The average molecular weight is 376 g/mol. The Morgan fingerprint density at radius 3 is 2.61 bits per heavy atom. The molecule has 4 heteroatoms. The SMILES string of the molecule is O=C(CNCCc1c[nH]c2ccccc12)Nc1ccc(C2CCCCC2)cc1. The molecule has 1 amide bonds. The second-order valence-electron chi connectivity index (χ2n) is 7.79. The molecule has 4 nitrogen and oxygen atoms in total. The fraction of sp³-hybridized carbons (Fsp3) is 0.375. The molecule has 1 fully saturated rings. The first-order chi connectivity index (χ1) is 13.8. The summed E-state index contributed by atoms with van der Waals surface area (Å²) < 4.78 is 0. The molecule has 1 aliphatic carbocycles. The number of anilines is 1. The number of H-pyrrole nitrogens is 1. The van der Waals surface area contributed by atoms with Crippen molar-refractivity contribution in [2.75, 3.05) is 18.4 Å². The average Bonchev–Trinajstić information content (AvgIpc) is 3.16. The van der Waals surface area contributed by atoms with Crippen LogP contribution in [-0.4, -0.2) is 24.0 Å². The lowest BCUT2D eigenvalue weighted by molar-refractivity contribution is -0.115. The van der Waals surface area contributed by atoms with Gasteiger partial charge in [-0.15, -0.1) is 0 Å². The van der Waals surface area contributed by atoms with Crippen LogP contribution in [0.3, 0.4) is 0 Å². The molecular formula is C24H29N3O. The van der Waals surface area contributed by atoms with E-state index in [2.05, 4.69) is 52.1 Å². The van der Waals surface area contributed by atoms with Gasteiger partial charge in [-0.25, -0.2) is 0 Å². The third-order valence-corrected chi connectivity index (χ3v) is 5.80. The smallest absolute Gasteiger partial charge is 0.238 e. The number of nitrogens with one attached hydrogen (secondary N) is 3. The highest BCUT2D eigenvalue weighted by atomic mass is 16.1. The van der Waals surface area contributed by atoms with E-state index in [1.807, 2.05) is 18.2 Å². The standard InChI is InChI=1S/C24H29N3O/c28-24(17-25-15-14-20-16-26-23-9-5-4-8-22(20)23)27-21-12-10-19(11-13-21)18-6-2-1-3-7-18/h4-5,8-13,16,18,25-26H,1-3,6-7,14-15,17H2,(H,27,28). The molecule has 1 heterocycles. The number of aromatic amines is 1. The Morgan fingerprint density at radius 1 is 1.00 bits per heavy atom. The maximum absolute atomic E-state index is 12.2. The second-order valence-corrected chi connectivity index (χ2v) is 7.79. The summed E-state index contributed by atoms with van der Waals surface area (Å²) in [5.74, 6) is 0.703. The summed E-state index contributed by atoms with van der Waals surface area (Å²) in [6, 6.07) is 16.7. The van der Waals surface area contributed by atoms with E-state index < -0.39 is 0 Å². The zero-order chi connectivity index (χ0) is 19.2. The molecule has 0 atom stereocenters. The van der Waals surface area contributed by atoms with Gasteiger partial charge in [-0.3, -0.25) is 4.79 Å². The Labute approximate surface area is 166 Å². The van der Waals surface area contributed by atoms with Crippen molar-refractivity contribution in [3.05, 3.63) is 65.9 Å². The van der Waals surface area contributed by atoms with Gasteiger partial charge in [-0.2, -0.15) is 0 Å². The second kappa shape index (κ2) is 9.07. The lowest BCUT2D eigenvalue weighted by Gasteiger charge is -2.22. The van der Waals surface area contributed by atoms with Crippen LogP contribution in [0.2, 0.25) is 0 Å². The van der Waals surface area contributed by atoms with E-state index in [-0.39, 0.29) is 5.91 Å². The van der Waals surface area contributed by atoms with Crippen molar-refractivity contribution in [2.24, 2.45) is 0 Å². The molecule has 28 heavy (non-hydrogen) atoms. The monoisotopic (exact) mass is 375 g/mol. The highest BCUT2D eigenvalue weighted by molar-refractivity contribution is 5.92. The first kappa shape index (κ1) is 18.8. The molecule has 2 aromatic carbocycles. The van der Waals surface area contributed by atoms with E-state index >= 15 is 0 Å². The van der Waals surface area contributed by atoms with Crippen LogP contribution in [0.25, 0.3) is 10.9 Å². The lowest BCUT2D eigenvalue weighted by Crippen LogP contribution is -2.29. The van der Waals surface area contributed by atoms with Gasteiger partial charge in [-0.1, -0.05) is 49.6 Å². The maximum Gasteiger partial charge on any atom is 0.238 e. The molecule has 3 N–H and O–H groups in total. The van der Waals surface area contributed by atoms with Crippen LogP contribution in [0.5, 0.6) is 0 Å². The molecule has 0 bridgehead atoms. The van der Waals surface area contributed by atoms with Crippen molar-refractivity contribution < 1.29 is 4.79 Å². The quantitative estimate of drug-likeness (QED) is 0.510. The Kier molecular flexibility index (Phi) is 6.07. The summed E-state index contributed by atoms with van der Waals surface area (Å²) in [6.45, 7) is 1.10. The van der Waals surface area contributed by atoms with E-state index in [0.717, 1.165) is 24.2 Å². The van der Waals surface area contributed by atoms with Gasteiger partial charge in [0, 0.05) is 22.8 Å². The van der Waals surface area contributed by atoms with E-state index in [1.165, 1.54) is 48.6 Å². The highest BCUT2D eigenvalue weighted by Gasteiger charge is 2.15. The lowest BCUT2D eigenvalue weighted by atomic mass is 9.84. The highest BCUT2D eigenvalue weighted by Crippen LogP contribution is 2.32. The Morgan fingerprint density at radius 2 is 1.79 bits per heavy atom. The molecular weight excluding hydrogens is 346 g/mol. The zero-order valence-corrected chi connectivity index (χ0v) is 16.3. The van der Waals surface area contributed by atoms with Gasteiger partial charge in [0.05, 0.1) is 6.54 Å². The van der Waals surface area contributed by atoms with Gasteiger partial charge >= 0.3 is 0 Å². The number of para-hydroxylation sites is 1. The third kappa shape index (κ3) is 4.63. The molecule has 1 saturated carbocycles. The molecule has 1 aromatic heterocycles.